The number of halogens is 1. The van der Waals surface area contributed by atoms with Crippen LogP contribution in [0.5, 0.6) is 5.75 Å². The van der Waals surface area contributed by atoms with Crippen LogP contribution in [0.2, 0.25) is 0 Å². The summed E-state index contributed by atoms with van der Waals surface area (Å²) in [6.07, 6.45) is 7.72. The van der Waals surface area contributed by atoms with E-state index in [-0.39, 0.29) is 11.4 Å². The molecule has 0 aliphatic heterocycles. The van der Waals surface area contributed by atoms with Gasteiger partial charge in [0.05, 0.1) is 11.4 Å². The zero-order valence-corrected chi connectivity index (χ0v) is 12.6. The number of aromatic nitrogens is 1. The molecule has 0 radical (unpaired) electrons. The SMILES string of the molecule is CS(=O)(=O)C1CCCC(Oc2cncc(Br)c2)C1. The van der Waals surface area contributed by atoms with Crippen LogP contribution < -0.4 is 4.74 Å². The van der Waals surface area contributed by atoms with E-state index in [9.17, 15) is 8.42 Å². The van der Waals surface area contributed by atoms with Gasteiger partial charge in [-0.1, -0.05) is 0 Å². The molecule has 0 aromatic carbocycles. The van der Waals surface area contributed by atoms with E-state index < -0.39 is 9.84 Å². The monoisotopic (exact) mass is 333 g/mol. The molecule has 0 saturated heterocycles. The molecule has 0 bridgehead atoms. The number of rotatable bonds is 3. The van der Waals surface area contributed by atoms with Gasteiger partial charge in [-0.3, -0.25) is 4.98 Å². The van der Waals surface area contributed by atoms with Gasteiger partial charge in [-0.15, -0.1) is 0 Å². The second-order valence-electron chi connectivity index (χ2n) is 4.70. The third-order valence-corrected chi connectivity index (χ3v) is 5.24. The van der Waals surface area contributed by atoms with E-state index in [1.54, 1.807) is 12.4 Å². The van der Waals surface area contributed by atoms with Gasteiger partial charge < -0.3 is 4.74 Å². The Labute approximate surface area is 116 Å². The number of pyridine rings is 1. The maximum Gasteiger partial charge on any atom is 0.150 e. The fourth-order valence-corrected chi connectivity index (χ4v) is 3.75. The Kier molecular flexibility index (Phi) is 4.27. The summed E-state index contributed by atoms with van der Waals surface area (Å²) in [5.74, 6) is 0.684. The van der Waals surface area contributed by atoms with Gasteiger partial charge in [0.2, 0.25) is 0 Å². The Morgan fingerprint density at radius 1 is 1.39 bits per heavy atom. The normalized spacial score (nSPS) is 24.8. The smallest absolute Gasteiger partial charge is 0.150 e. The van der Waals surface area contributed by atoms with E-state index in [4.69, 9.17) is 4.74 Å². The molecule has 2 rings (SSSR count). The summed E-state index contributed by atoms with van der Waals surface area (Å²) >= 11 is 3.33. The molecule has 1 aromatic heterocycles. The van der Waals surface area contributed by atoms with Gasteiger partial charge >= 0.3 is 0 Å². The molecular weight excluding hydrogens is 318 g/mol. The minimum absolute atomic E-state index is 0.0328. The predicted molar refractivity (Wildman–Crippen MR) is 73.5 cm³/mol. The summed E-state index contributed by atoms with van der Waals surface area (Å²) in [5.41, 5.74) is 0. The third-order valence-electron chi connectivity index (χ3n) is 3.17. The van der Waals surface area contributed by atoms with Gasteiger partial charge in [0.15, 0.2) is 0 Å². The van der Waals surface area contributed by atoms with Crippen LogP contribution in [0.25, 0.3) is 0 Å². The van der Waals surface area contributed by atoms with Gasteiger partial charge in [0, 0.05) is 23.3 Å². The van der Waals surface area contributed by atoms with Gasteiger partial charge in [-0.25, -0.2) is 8.42 Å². The Bertz CT molecular complexity index is 518. The molecule has 4 nitrogen and oxygen atoms in total. The average molecular weight is 334 g/mol. The molecule has 1 aromatic rings. The molecule has 2 atom stereocenters. The molecule has 0 spiro atoms. The summed E-state index contributed by atoms with van der Waals surface area (Å²) in [7, 11) is -2.96. The van der Waals surface area contributed by atoms with Crippen LogP contribution in [0, 0.1) is 0 Å². The summed E-state index contributed by atoms with van der Waals surface area (Å²) < 4.78 is 29.8. The molecule has 1 heterocycles. The minimum Gasteiger partial charge on any atom is -0.489 e. The van der Waals surface area contributed by atoms with E-state index >= 15 is 0 Å². The molecular formula is C12H16BrNO3S. The first-order chi connectivity index (χ1) is 8.45. The lowest BCUT2D eigenvalue weighted by atomic mass is 9.97. The van der Waals surface area contributed by atoms with E-state index in [1.807, 2.05) is 6.07 Å². The Morgan fingerprint density at radius 3 is 2.83 bits per heavy atom. The Hall–Kier alpha value is -0.620. The molecule has 2 unspecified atom stereocenters. The first-order valence-corrected chi connectivity index (χ1v) is 8.66. The minimum atomic E-state index is -2.96. The fourth-order valence-electron chi connectivity index (χ4n) is 2.25. The van der Waals surface area contributed by atoms with Gasteiger partial charge in [-0.05, 0) is 41.3 Å². The van der Waals surface area contributed by atoms with Crippen LogP contribution in [0.4, 0.5) is 0 Å². The first kappa shape index (κ1) is 13.8. The van der Waals surface area contributed by atoms with Crippen molar-refractivity contribution in [3.8, 4) is 5.75 Å². The molecule has 18 heavy (non-hydrogen) atoms. The summed E-state index contributed by atoms with van der Waals surface area (Å²) in [4.78, 5) is 4.03. The lowest BCUT2D eigenvalue weighted by Gasteiger charge is -2.28. The highest BCUT2D eigenvalue weighted by atomic mass is 79.9. The van der Waals surface area contributed by atoms with Gasteiger partial charge in [0.25, 0.3) is 0 Å². The zero-order valence-electron chi connectivity index (χ0n) is 10.2. The number of hydrogen-bond acceptors (Lipinski definition) is 4. The molecule has 0 N–H and O–H groups in total. The molecule has 1 saturated carbocycles. The van der Waals surface area contributed by atoms with E-state index in [0.717, 1.165) is 23.7 Å². The standard InChI is InChI=1S/C12H16BrNO3S/c1-18(15,16)12-4-2-3-10(6-12)17-11-5-9(13)7-14-8-11/h5,7-8,10,12H,2-4,6H2,1H3. The number of ether oxygens (including phenoxy) is 1. The highest BCUT2D eigenvalue weighted by Crippen LogP contribution is 2.27. The summed E-state index contributed by atoms with van der Waals surface area (Å²) in [6, 6.07) is 1.84. The summed E-state index contributed by atoms with van der Waals surface area (Å²) in [5, 5.41) is -0.267. The zero-order chi connectivity index (χ0) is 13.2. The second-order valence-corrected chi connectivity index (χ2v) is 7.94. The molecule has 100 valence electrons. The lowest BCUT2D eigenvalue weighted by Crippen LogP contribution is -2.33. The van der Waals surface area contributed by atoms with Crippen LogP contribution in [0.1, 0.15) is 25.7 Å². The highest BCUT2D eigenvalue weighted by molar-refractivity contribution is 9.10. The molecule has 1 aliphatic rings. The predicted octanol–water partition coefficient (Wildman–Crippen LogP) is 2.58. The van der Waals surface area contributed by atoms with E-state index in [1.165, 1.54) is 6.26 Å². The topological polar surface area (TPSA) is 56.3 Å². The Balaban J connectivity index is 2.02. The number of nitrogens with zero attached hydrogens (tertiary/aromatic N) is 1. The van der Waals surface area contributed by atoms with Crippen molar-refractivity contribution in [2.24, 2.45) is 0 Å². The molecule has 1 fully saturated rings. The van der Waals surface area contributed by atoms with Crippen LogP contribution in [0.15, 0.2) is 22.9 Å². The van der Waals surface area contributed by atoms with E-state index in [2.05, 4.69) is 20.9 Å². The van der Waals surface area contributed by atoms with Crippen molar-refractivity contribution in [2.75, 3.05) is 6.26 Å². The maximum atomic E-state index is 11.6. The highest BCUT2D eigenvalue weighted by Gasteiger charge is 2.29. The number of sulfone groups is 1. The number of hydrogen-bond donors (Lipinski definition) is 0. The largest absolute Gasteiger partial charge is 0.489 e. The fraction of sp³-hybridized carbons (Fsp3) is 0.583. The van der Waals surface area contributed by atoms with Crippen molar-refractivity contribution in [2.45, 2.75) is 37.0 Å². The maximum absolute atomic E-state index is 11.6. The molecule has 0 amide bonds. The second kappa shape index (κ2) is 5.57. The first-order valence-electron chi connectivity index (χ1n) is 5.91. The van der Waals surface area contributed by atoms with Crippen molar-refractivity contribution >= 4 is 25.8 Å². The third kappa shape index (κ3) is 3.68. The van der Waals surface area contributed by atoms with E-state index in [0.29, 0.717) is 12.2 Å². The van der Waals surface area contributed by atoms with Crippen LogP contribution >= 0.6 is 15.9 Å². The quantitative estimate of drug-likeness (QED) is 0.853. The van der Waals surface area contributed by atoms with Crippen molar-refractivity contribution in [1.82, 2.24) is 4.98 Å². The van der Waals surface area contributed by atoms with Crippen LogP contribution in [0.3, 0.4) is 0 Å². The van der Waals surface area contributed by atoms with Crippen molar-refractivity contribution in [1.29, 1.82) is 0 Å². The van der Waals surface area contributed by atoms with Crippen LogP contribution in [-0.2, 0) is 9.84 Å². The Morgan fingerprint density at radius 2 is 2.17 bits per heavy atom. The molecule has 6 heteroatoms. The van der Waals surface area contributed by atoms with Crippen molar-refractivity contribution in [3.05, 3.63) is 22.9 Å². The van der Waals surface area contributed by atoms with Gasteiger partial charge in [-0.2, -0.15) is 0 Å². The van der Waals surface area contributed by atoms with Gasteiger partial charge in [0.1, 0.15) is 21.7 Å². The molecule has 1 aliphatic carbocycles. The van der Waals surface area contributed by atoms with Crippen molar-refractivity contribution < 1.29 is 13.2 Å². The lowest BCUT2D eigenvalue weighted by molar-refractivity contribution is 0.155. The van der Waals surface area contributed by atoms with Crippen LogP contribution in [-0.4, -0.2) is 31.0 Å². The summed E-state index contributed by atoms with van der Waals surface area (Å²) in [6.45, 7) is 0. The average Bonchev–Trinajstić information content (AvgIpc) is 2.28. The van der Waals surface area contributed by atoms with Crippen molar-refractivity contribution in [3.63, 3.8) is 0 Å².